The molecule has 0 aliphatic heterocycles. The minimum atomic E-state index is -0.497. The zero-order valence-electron chi connectivity index (χ0n) is 14.2. The van der Waals surface area contributed by atoms with Crippen molar-refractivity contribution >= 4 is 29.2 Å². The van der Waals surface area contributed by atoms with E-state index in [0.29, 0.717) is 12.4 Å². The molecular weight excluding hydrogens is 347 g/mol. The Balaban J connectivity index is 2.13. The van der Waals surface area contributed by atoms with Crippen LogP contribution in [0.1, 0.15) is 42.3 Å². The van der Waals surface area contributed by atoms with Gasteiger partial charge in [0.1, 0.15) is 6.61 Å². The van der Waals surface area contributed by atoms with Crippen LogP contribution in [0.25, 0.3) is 0 Å². The lowest BCUT2D eigenvalue weighted by Crippen LogP contribution is -2.10. The van der Waals surface area contributed by atoms with E-state index < -0.39 is 5.97 Å². The smallest absolute Gasteiger partial charge is 0.337 e. The molecule has 5 heteroatoms. The number of esters is 1. The van der Waals surface area contributed by atoms with Gasteiger partial charge in [-0.15, -0.1) is 0 Å². The predicted octanol–water partition coefficient (Wildman–Crippen LogP) is 5.66. The Morgan fingerprint density at radius 2 is 1.58 bits per heavy atom. The first-order chi connectivity index (χ1) is 11.2. The highest BCUT2D eigenvalue weighted by Gasteiger charge is 2.15. The van der Waals surface area contributed by atoms with Crippen molar-refractivity contribution in [2.75, 3.05) is 7.11 Å². The van der Waals surface area contributed by atoms with Gasteiger partial charge in [0.05, 0.1) is 22.7 Å². The first kappa shape index (κ1) is 18.6. The highest BCUT2D eigenvalue weighted by Crippen LogP contribution is 2.35. The number of methoxy groups -OCH3 is 1. The Labute approximate surface area is 152 Å². The van der Waals surface area contributed by atoms with E-state index in [1.54, 1.807) is 0 Å². The van der Waals surface area contributed by atoms with Crippen LogP contribution in [-0.2, 0) is 16.8 Å². The molecule has 2 aromatic carbocycles. The van der Waals surface area contributed by atoms with Gasteiger partial charge >= 0.3 is 5.97 Å². The molecule has 0 amide bonds. The molecule has 2 aromatic rings. The average molecular weight is 367 g/mol. The number of ether oxygens (including phenoxy) is 2. The summed E-state index contributed by atoms with van der Waals surface area (Å²) in [6, 6.07) is 11.2. The van der Waals surface area contributed by atoms with Gasteiger partial charge in [0.15, 0.2) is 5.75 Å². The van der Waals surface area contributed by atoms with Gasteiger partial charge in [-0.25, -0.2) is 4.79 Å². The third-order valence-electron chi connectivity index (χ3n) is 3.62. The highest BCUT2D eigenvalue weighted by molar-refractivity contribution is 6.37. The number of rotatable bonds is 4. The molecule has 0 atom stereocenters. The van der Waals surface area contributed by atoms with E-state index >= 15 is 0 Å². The maximum absolute atomic E-state index is 11.5. The third-order valence-corrected chi connectivity index (χ3v) is 4.18. The molecule has 0 spiro atoms. The number of carbonyl (C=O) groups is 1. The summed E-state index contributed by atoms with van der Waals surface area (Å²) in [4.78, 5) is 11.5. The van der Waals surface area contributed by atoms with Crippen molar-refractivity contribution in [1.82, 2.24) is 0 Å². The van der Waals surface area contributed by atoms with E-state index in [9.17, 15) is 4.79 Å². The summed E-state index contributed by atoms with van der Waals surface area (Å²) in [5, 5.41) is 0.545. The Morgan fingerprint density at radius 1 is 1.04 bits per heavy atom. The van der Waals surface area contributed by atoms with Gasteiger partial charge in [0.2, 0.25) is 0 Å². The summed E-state index contributed by atoms with van der Waals surface area (Å²) in [6.45, 7) is 6.84. The Morgan fingerprint density at radius 3 is 2.04 bits per heavy atom. The lowest BCUT2D eigenvalue weighted by atomic mass is 9.87. The van der Waals surface area contributed by atoms with Gasteiger partial charge in [-0.2, -0.15) is 0 Å². The van der Waals surface area contributed by atoms with Crippen LogP contribution in [0.15, 0.2) is 36.4 Å². The standard InChI is InChI=1S/C19H20Cl2O3/c1-19(2,3)14-7-5-12(6-8-14)11-24-17-15(20)9-13(10-16(17)21)18(22)23-4/h5-10H,11H2,1-4H3. The molecule has 0 aromatic heterocycles. The number of carbonyl (C=O) groups excluding carboxylic acids is 1. The summed E-state index contributed by atoms with van der Waals surface area (Å²) in [7, 11) is 1.30. The van der Waals surface area contributed by atoms with Gasteiger partial charge in [-0.05, 0) is 28.7 Å². The summed E-state index contributed by atoms with van der Waals surface area (Å²) in [6.07, 6.45) is 0. The third kappa shape index (κ3) is 4.43. The summed E-state index contributed by atoms with van der Waals surface area (Å²) in [5.74, 6) is -0.144. The molecule has 2 rings (SSSR count). The Kier molecular flexibility index (Phi) is 5.79. The van der Waals surface area contributed by atoms with Gasteiger partial charge in [0, 0.05) is 0 Å². The van der Waals surface area contributed by atoms with Crippen LogP contribution < -0.4 is 4.74 Å². The van der Waals surface area contributed by atoms with E-state index in [2.05, 4.69) is 37.6 Å². The minimum absolute atomic E-state index is 0.107. The second-order valence-electron chi connectivity index (χ2n) is 6.50. The van der Waals surface area contributed by atoms with Gasteiger partial charge in [-0.1, -0.05) is 68.2 Å². The Hall–Kier alpha value is -1.71. The van der Waals surface area contributed by atoms with Crippen molar-refractivity contribution in [2.45, 2.75) is 32.8 Å². The zero-order chi connectivity index (χ0) is 17.9. The van der Waals surface area contributed by atoms with Crippen LogP contribution in [0.2, 0.25) is 10.0 Å². The molecule has 0 aliphatic rings. The summed E-state index contributed by atoms with van der Waals surface area (Å²) >= 11 is 12.3. The van der Waals surface area contributed by atoms with Gasteiger partial charge in [0.25, 0.3) is 0 Å². The molecular formula is C19H20Cl2O3. The minimum Gasteiger partial charge on any atom is -0.486 e. The molecule has 0 radical (unpaired) electrons. The monoisotopic (exact) mass is 366 g/mol. The molecule has 0 N–H and O–H groups in total. The summed E-state index contributed by atoms with van der Waals surface area (Å²) in [5.41, 5.74) is 2.65. The van der Waals surface area contributed by atoms with E-state index in [4.69, 9.17) is 27.9 Å². The van der Waals surface area contributed by atoms with Crippen molar-refractivity contribution < 1.29 is 14.3 Å². The SMILES string of the molecule is COC(=O)c1cc(Cl)c(OCc2ccc(C(C)(C)C)cc2)c(Cl)c1. The topological polar surface area (TPSA) is 35.5 Å². The van der Waals surface area contributed by atoms with Crippen molar-refractivity contribution in [2.24, 2.45) is 0 Å². The normalized spacial score (nSPS) is 11.2. The number of hydrogen-bond acceptors (Lipinski definition) is 3. The van der Waals surface area contributed by atoms with Crippen molar-refractivity contribution in [3.8, 4) is 5.75 Å². The first-order valence-electron chi connectivity index (χ1n) is 7.52. The van der Waals surface area contributed by atoms with Crippen molar-refractivity contribution in [3.63, 3.8) is 0 Å². The van der Waals surface area contributed by atoms with Crippen LogP contribution in [-0.4, -0.2) is 13.1 Å². The molecule has 3 nitrogen and oxygen atoms in total. The highest BCUT2D eigenvalue weighted by atomic mass is 35.5. The quantitative estimate of drug-likeness (QED) is 0.655. The molecule has 0 unspecified atom stereocenters. The summed E-state index contributed by atoms with van der Waals surface area (Å²) < 4.78 is 10.4. The second kappa shape index (κ2) is 7.45. The zero-order valence-corrected chi connectivity index (χ0v) is 15.7. The molecule has 0 saturated carbocycles. The van der Waals surface area contributed by atoms with Gasteiger partial charge in [-0.3, -0.25) is 0 Å². The largest absolute Gasteiger partial charge is 0.486 e. The first-order valence-corrected chi connectivity index (χ1v) is 8.27. The van der Waals surface area contributed by atoms with Crippen LogP contribution in [0, 0.1) is 0 Å². The van der Waals surface area contributed by atoms with E-state index in [1.807, 2.05) is 12.1 Å². The predicted molar refractivity (Wildman–Crippen MR) is 97.3 cm³/mol. The van der Waals surface area contributed by atoms with Crippen LogP contribution in [0.4, 0.5) is 0 Å². The van der Waals surface area contributed by atoms with E-state index in [-0.39, 0.29) is 21.0 Å². The van der Waals surface area contributed by atoms with Crippen LogP contribution in [0.5, 0.6) is 5.75 Å². The molecule has 128 valence electrons. The number of benzene rings is 2. The fourth-order valence-electron chi connectivity index (χ4n) is 2.19. The Bertz CT molecular complexity index is 708. The second-order valence-corrected chi connectivity index (χ2v) is 7.31. The van der Waals surface area contributed by atoms with Crippen LogP contribution >= 0.6 is 23.2 Å². The molecule has 0 heterocycles. The lowest BCUT2D eigenvalue weighted by molar-refractivity contribution is 0.0600. The number of halogens is 2. The van der Waals surface area contributed by atoms with Crippen molar-refractivity contribution in [3.05, 3.63) is 63.1 Å². The maximum atomic E-state index is 11.5. The fraction of sp³-hybridized carbons (Fsp3) is 0.316. The fourth-order valence-corrected chi connectivity index (χ4v) is 2.79. The molecule has 0 aliphatic carbocycles. The van der Waals surface area contributed by atoms with Gasteiger partial charge < -0.3 is 9.47 Å². The molecule has 0 bridgehead atoms. The molecule has 0 fully saturated rings. The maximum Gasteiger partial charge on any atom is 0.337 e. The molecule has 24 heavy (non-hydrogen) atoms. The van der Waals surface area contributed by atoms with E-state index in [0.717, 1.165) is 5.56 Å². The molecule has 0 saturated heterocycles. The van der Waals surface area contributed by atoms with Crippen molar-refractivity contribution in [1.29, 1.82) is 0 Å². The lowest BCUT2D eigenvalue weighted by Gasteiger charge is -2.19. The van der Waals surface area contributed by atoms with E-state index in [1.165, 1.54) is 24.8 Å². The average Bonchev–Trinajstić information content (AvgIpc) is 2.52. The number of hydrogen-bond donors (Lipinski definition) is 0. The van der Waals surface area contributed by atoms with Crippen LogP contribution in [0.3, 0.4) is 0 Å².